The van der Waals surface area contributed by atoms with E-state index >= 15 is 0 Å². The summed E-state index contributed by atoms with van der Waals surface area (Å²) in [6, 6.07) is 0. The zero-order valence-corrected chi connectivity index (χ0v) is 8.76. The molecule has 0 aromatic rings. The third-order valence-corrected chi connectivity index (χ3v) is 2.22. The maximum atomic E-state index is 5.27. The van der Waals surface area contributed by atoms with Crippen LogP contribution < -0.4 is 0 Å². The predicted octanol–water partition coefficient (Wildman–Crippen LogP) is 0.774. The summed E-state index contributed by atoms with van der Waals surface area (Å²) in [5, 5.41) is 0. The van der Waals surface area contributed by atoms with Gasteiger partial charge >= 0.3 is 0 Å². The number of ether oxygens (including phenoxy) is 2. The zero-order valence-electron chi connectivity index (χ0n) is 7.95. The summed E-state index contributed by atoms with van der Waals surface area (Å²) in [6.45, 7) is 2.05. The van der Waals surface area contributed by atoms with Crippen LogP contribution in [0.5, 0.6) is 0 Å². The molecule has 0 aromatic carbocycles. The summed E-state index contributed by atoms with van der Waals surface area (Å²) in [4.78, 5) is 2.24. The first-order valence-corrected chi connectivity index (χ1v) is 4.00. The van der Waals surface area contributed by atoms with Crippen LogP contribution in [0.15, 0.2) is 0 Å². The largest absolute Gasteiger partial charge is 0.380 e. The second-order valence-electron chi connectivity index (χ2n) is 3.17. The lowest BCUT2D eigenvalue weighted by molar-refractivity contribution is -0.0378. The molecule has 0 amide bonds. The van der Waals surface area contributed by atoms with E-state index in [1.807, 2.05) is 0 Å². The molecule has 0 aliphatic carbocycles. The average molecular weight is 196 g/mol. The van der Waals surface area contributed by atoms with Gasteiger partial charge in [0.2, 0.25) is 0 Å². The molecular formula is C8H18ClNO2. The van der Waals surface area contributed by atoms with Crippen molar-refractivity contribution in [3.8, 4) is 0 Å². The molecular weight excluding hydrogens is 178 g/mol. The zero-order chi connectivity index (χ0) is 8.27. The molecule has 1 saturated heterocycles. The molecule has 4 heteroatoms. The molecule has 0 bridgehead atoms. The summed E-state index contributed by atoms with van der Waals surface area (Å²) >= 11 is 0. The van der Waals surface area contributed by atoms with Gasteiger partial charge in [-0.05, 0) is 7.05 Å². The van der Waals surface area contributed by atoms with E-state index in [2.05, 4.69) is 11.9 Å². The number of likely N-dealkylation sites (tertiary alicyclic amines) is 1. The van der Waals surface area contributed by atoms with Crippen molar-refractivity contribution >= 4 is 12.4 Å². The summed E-state index contributed by atoms with van der Waals surface area (Å²) in [7, 11) is 5.62. The molecule has 0 radical (unpaired) electrons. The van der Waals surface area contributed by atoms with Crippen LogP contribution in [-0.4, -0.2) is 51.5 Å². The number of hydrogen-bond acceptors (Lipinski definition) is 3. The van der Waals surface area contributed by atoms with Crippen LogP contribution in [0, 0.1) is 0 Å². The second kappa shape index (κ2) is 5.75. The van der Waals surface area contributed by atoms with Crippen molar-refractivity contribution < 1.29 is 9.47 Å². The fourth-order valence-electron chi connectivity index (χ4n) is 1.55. The lowest BCUT2D eigenvalue weighted by atomic mass is 10.1. The minimum atomic E-state index is 0. The van der Waals surface area contributed by atoms with Gasteiger partial charge in [0.1, 0.15) is 0 Å². The van der Waals surface area contributed by atoms with E-state index in [4.69, 9.17) is 9.47 Å². The van der Waals surface area contributed by atoms with Crippen molar-refractivity contribution in [1.82, 2.24) is 4.90 Å². The Morgan fingerprint density at radius 2 is 1.50 bits per heavy atom. The van der Waals surface area contributed by atoms with E-state index in [-0.39, 0.29) is 12.4 Å². The Balaban J connectivity index is 0.00000121. The Kier molecular flexibility index (Phi) is 5.84. The van der Waals surface area contributed by atoms with Gasteiger partial charge in [-0.3, -0.25) is 0 Å². The summed E-state index contributed by atoms with van der Waals surface area (Å²) in [5.41, 5.74) is 0. The molecule has 0 saturated carbocycles. The number of methoxy groups -OCH3 is 2. The standard InChI is InChI=1S/C8H17NO2.ClH/c1-9-5-7(10-2)4-8(6-9)11-3;/h7-8H,4-6H2,1-3H3;1H/t7-,8+;. The first kappa shape index (κ1) is 12.2. The molecule has 12 heavy (non-hydrogen) atoms. The minimum absolute atomic E-state index is 0. The SMILES string of the molecule is CO[C@@H]1C[C@H](OC)CN(C)C1.Cl. The number of nitrogens with zero attached hydrogens (tertiary/aromatic N) is 1. The average Bonchev–Trinajstić information content (AvgIpc) is 2.03. The van der Waals surface area contributed by atoms with E-state index in [0.717, 1.165) is 19.5 Å². The second-order valence-corrected chi connectivity index (χ2v) is 3.17. The smallest absolute Gasteiger partial charge is 0.0723 e. The van der Waals surface area contributed by atoms with Gasteiger partial charge in [0, 0.05) is 33.7 Å². The quantitative estimate of drug-likeness (QED) is 0.650. The molecule has 1 rings (SSSR count). The first-order chi connectivity index (χ1) is 5.26. The Morgan fingerprint density at radius 1 is 1.08 bits per heavy atom. The van der Waals surface area contributed by atoms with E-state index < -0.39 is 0 Å². The minimum Gasteiger partial charge on any atom is -0.380 e. The summed E-state index contributed by atoms with van der Waals surface area (Å²) < 4.78 is 10.5. The van der Waals surface area contributed by atoms with Crippen LogP contribution >= 0.6 is 12.4 Å². The Bertz CT molecular complexity index is 112. The van der Waals surface area contributed by atoms with Gasteiger partial charge in [0.25, 0.3) is 0 Å². The number of likely N-dealkylation sites (N-methyl/N-ethyl adjacent to an activating group) is 1. The molecule has 1 fully saturated rings. The van der Waals surface area contributed by atoms with Gasteiger partial charge < -0.3 is 14.4 Å². The Labute approximate surface area is 80.4 Å². The highest BCUT2D eigenvalue weighted by Gasteiger charge is 2.24. The molecule has 0 unspecified atom stereocenters. The fourth-order valence-corrected chi connectivity index (χ4v) is 1.55. The van der Waals surface area contributed by atoms with Crippen LogP contribution in [0.1, 0.15) is 6.42 Å². The van der Waals surface area contributed by atoms with E-state index in [0.29, 0.717) is 12.2 Å². The van der Waals surface area contributed by atoms with Gasteiger partial charge in [0.15, 0.2) is 0 Å². The normalized spacial score (nSPS) is 31.2. The number of piperidine rings is 1. The van der Waals surface area contributed by atoms with Gasteiger partial charge in [-0.25, -0.2) is 0 Å². The lowest BCUT2D eigenvalue weighted by Crippen LogP contribution is -2.44. The van der Waals surface area contributed by atoms with Crippen molar-refractivity contribution in [3.05, 3.63) is 0 Å². The molecule has 2 atom stereocenters. The van der Waals surface area contributed by atoms with Crippen LogP contribution in [0.2, 0.25) is 0 Å². The highest BCUT2D eigenvalue weighted by atomic mass is 35.5. The lowest BCUT2D eigenvalue weighted by Gasteiger charge is -2.33. The van der Waals surface area contributed by atoms with Gasteiger partial charge in [-0.2, -0.15) is 0 Å². The van der Waals surface area contributed by atoms with Crippen LogP contribution in [0.4, 0.5) is 0 Å². The number of hydrogen-bond donors (Lipinski definition) is 0. The monoisotopic (exact) mass is 195 g/mol. The molecule has 0 aromatic heterocycles. The van der Waals surface area contributed by atoms with Crippen LogP contribution in [0.25, 0.3) is 0 Å². The summed E-state index contributed by atoms with van der Waals surface area (Å²) in [6.07, 6.45) is 1.72. The van der Waals surface area contributed by atoms with Crippen molar-refractivity contribution in [2.75, 3.05) is 34.4 Å². The number of halogens is 1. The highest BCUT2D eigenvalue weighted by Crippen LogP contribution is 2.13. The maximum absolute atomic E-state index is 5.27. The number of rotatable bonds is 2. The van der Waals surface area contributed by atoms with Crippen molar-refractivity contribution in [2.24, 2.45) is 0 Å². The van der Waals surface area contributed by atoms with Crippen LogP contribution in [0.3, 0.4) is 0 Å². The molecule has 0 N–H and O–H groups in total. The third kappa shape index (κ3) is 3.27. The molecule has 74 valence electrons. The summed E-state index contributed by atoms with van der Waals surface area (Å²) in [5.74, 6) is 0. The Hall–Kier alpha value is 0.170. The molecule has 0 spiro atoms. The van der Waals surface area contributed by atoms with Crippen LogP contribution in [-0.2, 0) is 9.47 Å². The van der Waals surface area contributed by atoms with Gasteiger partial charge in [-0.1, -0.05) is 0 Å². The van der Waals surface area contributed by atoms with E-state index in [1.54, 1.807) is 14.2 Å². The van der Waals surface area contributed by atoms with Gasteiger partial charge in [0.05, 0.1) is 12.2 Å². The van der Waals surface area contributed by atoms with Crippen molar-refractivity contribution in [3.63, 3.8) is 0 Å². The topological polar surface area (TPSA) is 21.7 Å². The Morgan fingerprint density at radius 3 is 1.83 bits per heavy atom. The van der Waals surface area contributed by atoms with E-state index in [1.165, 1.54) is 0 Å². The van der Waals surface area contributed by atoms with Gasteiger partial charge in [-0.15, -0.1) is 12.4 Å². The van der Waals surface area contributed by atoms with E-state index in [9.17, 15) is 0 Å². The molecule has 1 heterocycles. The highest BCUT2D eigenvalue weighted by molar-refractivity contribution is 5.85. The molecule has 1 aliphatic heterocycles. The maximum Gasteiger partial charge on any atom is 0.0723 e. The fraction of sp³-hybridized carbons (Fsp3) is 1.00. The third-order valence-electron chi connectivity index (χ3n) is 2.22. The molecule has 3 nitrogen and oxygen atoms in total. The predicted molar refractivity (Wildman–Crippen MR) is 51.0 cm³/mol. The van der Waals surface area contributed by atoms with Crippen molar-refractivity contribution in [1.29, 1.82) is 0 Å². The van der Waals surface area contributed by atoms with Crippen molar-refractivity contribution in [2.45, 2.75) is 18.6 Å². The first-order valence-electron chi connectivity index (χ1n) is 4.00. The molecule has 1 aliphatic rings.